The van der Waals surface area contributed by atoms with Gasteiger partial charge in [-0.05, 0) is 32.6 Å². The molecule has 16 heavy (non-hydrogen) atoms. The highest BCUT2D eigenvalue weighted by molar-refractivity contribution is 7.90. The van der Waals surface area contributed by atoms with E-state index in [1.807, 2.05) is 6.92 Å². The molecular weight excluding hydrogens is 224 g/mol. The first-order valence-corrected chi connectivity index (χ1v) is 7.73. The maximum absolute atomic E-state index is 11.8. The summed E-state index contributed by atoms with van der Waals surface area (Å²) in [5.74, 6) is 0.494. The Labute approximate surface area is 99.0 Å². The summed E-state index contributed by atoms with van der Waals surface area (Å²) in [5.41, 5.74) is 5.39. The summed E-state index contributed by atoms with van der Waals surface area (Å²) < 4.78 is 26.4. The van der Waals surface area contributed by atoms with E-state index in [1.165, 1.54) is 19.3 Å². The molecule has 1 aliphatic carbocycles. The molecule has 0 aromatic carbocycles. The number of sulfonamides is 1. The van der Waals surface area contributed by atoms with Crippen molar-refractivity contribution >= 4 is 10.0 Å². The average molecular weight is 248 g/mol. The van der Waals surface area contributed by atoms with Gasteiger partial charge in [0, 0.05) is 12.6 Å². The van der Waals surface area contributed by atoms with Crippen LogP contribution in [-0.4, -0.2) is 26.3 Å². The summed E-state index contributed by atoms with van der Waals surface area (Å²) >= 11 is 0. The van der Waals surface area contributed by atoms with Gasteiger partial charge < -0.3 is 5.73 Å². The van der Waals surface area contributed by atoms with Crippen LogP contribution >= 0.6 is 0 Å². The van der Waals surface area contributed by atoms with Gasteiger partial charge in [-0.1, -0.05) is 19.3 Å². The fourth-order valence-electron chi connectivity index (χ4n) is 2.23. The van der Waals surface area contributed by atoms with Gasteiger partial charge in [0.15, 0.2) is 0 Å². The van der Waals surface area contributed by atoms with Crippen LogP contribution in [0.2, 0.25) is 0 Å². The monoisotopic (exact) mass is 248 g/mol. The zero-order valence-electron chi connectivity index (χ0n) is 10.3. The molecule has 1 saturated carbocycles. The van der Waals surface area contributed by atoms with Crippen molar-refractivity contribution in [2.24, 2.45) is 11.7 Å². The van der Waals surface area contributed by atoms with Crippen molar-refractivity contribution in [1.29, 1.82) is 0 Å². The molecule has 2 unspecified atom stereocenters. The maximum Gasteiger partial charge on any atom is 0.215 e. The van der Waals surface area contributed by atoms with E-state index in [0.29, 0.717) is 5.92 Å². The van der Waals surface area contributed by atoms with Crippen molar-refractivity contribution in [3.8, 4) is 0 Å². The largest absolute Gasteiger partial charge is 0.329 e. The Morgan fingerprint density at radius 3 is 2.31 bits per heavy atom. The Hall–Kier alpha value is -0.130. The van der Waals surface area contributed by atoms with Crippen LogP contribution in [0, 0.1) is 5.92 Å². The van der Waals surface area contributed by atoms with Gasteiger partial charge in [0.05, 0.1) is 5.25 Å². The molecule has 1 fully saturated rings. The summed E-state index contributed by atoms with van der Waals surface area (Å²) in [6.07, 6.45) is 6.02. The van der Waals surface area contributed by atoms with Gasteiger partial charge in [0.1, 0.15) is 0 Å². The van der Waals surface area contributed by atoms with Crippen LogP contribution in [0.3, 0.4) is 0 Å². The normalized spacial score (nSPS) is 22.9. The third kappa shape index (κ3) is 3.71. The molecule has 0 bridgehead atoms. The van der Waals surface area contributed by atoms with Gasteiger partial charge in [-0.2, -0.15) is 0 Å². The van der Waals surface area contributed by atoms with Crippen molar-refractivity contribution in [2.75, 3.05) is 6.54 Å². The second-order valence-electron chi connectivity index (χ2n) is 4.90. The molecule has 0 aliphatic heterocycles. The van der Waals surface area contributed by atoms with Crippen molar-refractivity contribution < 1.29 is 8.42 Å². The highest BCUT2D eigenvalue weighted by Gasteiger charge is 2.26. The minimum absolute atomic E-state index is 0.0410. The van der Waals surface area contributed by atoms with Gasteiger partial charge in [-0.25, -0.2) is 13.1 Å². The molecule has 4 nitrogen and oxygen atoms in total. The van der Waals surface area contributed by atoms with Crippen LogP contribution in [0.25, 0.3) is 0 Å². The Bertz CT molecular complexity index is 297. The van der Waals surface area contributed by atoms with Gasteiger partial charge in [-0.15, -0.1) is 0 Å². The van der Waals surface area contributed by atoms with E-state index in [-0.39, 0.29) is 12.6 Å². The van der Waals surface area contributed by atoms with E-state index in [9.17, 15) is 8.42 Å². The van der Waals surface area contributed by atoms with Gasteiger partial charge in [-0.3, -0.25) is 0 Å². The Balaban J connectivity index is 2.52. The molecule has 2 atom stereocenters. The summed E-state index contributed by atoms with van der Waals surface area (Å²) in [7, 11) is -3.23. The van der Waals surface area contributed by atoms with E-state index in [4.69, 9.17) is 5.73 Å². The van der Waals surface area contributed by atoms with E-state index < -0.39 is 15.3 Å². The maximum atomic E-state index is 11.8. The molecule has 0 spiro atoms. The highest BCUT2D eigenvalue weighted by atomic mass is 32.2. The van der Waals surface area contributed by atoms with Gasteiger partial charge >= 0.3 is 0 Å². The van der Waals surface area contributed by atoms with E-state index in [0.717, 1.165) is 12.8 Å². The Morgan fingerprint density at radius 1 is 1.25 bits per heavy atom. The number of hydrogen-bond donors (Lipinski definition) is 2. The number of hydrogen-bond acceptors (Lipinski definition) is 3. The smallest absolute Gasteiger partial charge is 0.215 e. The molecule has 0 radical (unpaired) electrons. The van der Waals surface area contributed by atoms with Crippen LogP contribution in [0.4, 0.5) is 0 Å². The van der Waals surface area contributed by atoms with Crippen molar-refractivity contribution in [1.82, 2.24) is 4.72 Å². The van der Waals surface area contributed by atoms with Crippen molar-refractivity contribution in [3.63, 3.8) is 0 Å². The second kappa shape index (κ2) is 5.98. The lowest BCUT2D eigenvalue weighted by atomic mass is 9.85. The number of nitrogens with two attached hydrogens (primary N) is 1. The molecule has 1 rings (SSSR count). The Kier molecular flexibility index (Phi) is 5.21. The molecule has 1 aliphatic rings. The predicted molar refractivity (Wildman–Crippen MR) is 66.6 cm³/mol. The van der Waals surface area contributed by atoms with Crippen LogP contribution in [-0.2, 0) is 10.0 Å². The SMILES string of the molecule is CC(NS(=O)(=O)C(C)CN)C1CCCCC1. The molecule has 5 heteroatoms. The minimum atomic E-state index is -3.23. The second-order valence-corrected chi connectivity index (χ2v) is 7.03. The molecule has 96 valence electrons. The fourth-order valence-corrected chi connectivity index (χ4v) is 3.43. The minimum Gasteiger partial charge on any atom is -0.329 e. The predicted octanol–water partition coefficient (Wildman–Crippen LogP) is 1.22. The van der Waals surface area contributed by atoms with Gasteiger partial charge in [0.2, 0.25) is 10.0 Å². The third-order valence-electron chi connectivity index (χ3n) is 3.57. The lowest BCUT2D eigenvalue weighted by Gasteiger charge is -2.28. The third-order valence-corrected chi connectivity index (χ3v) is 5.52. The summed E-state index contributed by atoms with van der Waals surface area (Å²) in [6.45, 7) is 3.79. The molecule has 3 N–H and O–H groups in total. The Morgan fingerprint density at radius 2 is 1.81 bits per heavy atom. The highest BCUT2D eigenvalue weighted by Crippen LogP contribution is 2.26. The van der Waals surface area contributed by atoms with E-state index >= 15 is 0 Å². The van der Waals surface area contributed by atoms with Crippen LogP contribution < -0.4 is 10.5 Å². The molecule has 0 amide bonds. The zero-order valence-corrected chi connectivity index (χ0v) is 11.1. The van der Waals surface area contributed by atoms with E-state index in [2.05, 4.69) is 4.72 Å². The summed E-state index contributed by atoms with van der Waals surface area (Å²) in [4.78, 5) is 0. The zero-order chi connectivity index (χ0) is 12.2. The lowest BCUT2D eigenvalue weighted by molar-refractivity contribution is 0.302. The fraction of sp³-hybridized carbons (Fsp3) is 1.00. The van der Waals surface area contributed by atoms with Gasteiger partial charge in [0.25, 0.3) is 0 Å². The summed E-state index contributed by atoms with van der Waals surface area (Å²) in [5, 5.41) is -0.501. The molecule has 0 heterocycles. The van der Waals surface area contributed by atoms with Crippen LogP contribution in [0.15, 0.2) is 0 Å². The van der Waals surface area contributed by atoms with Crippen LogP contribution in [0.5, 0.6) is 0 Å². The first-order chi connectivity index (χ1) is 7.47. The standard InChI is InChI=1S/C11H24N2O2S/c1-9(8-12)16(14,15)13-10(2)11-6-4-3-5-7-11/h9-11,13H,3-8,12H2,1-2H3. The van der Waals surface area contributed by atoms with E-state index in [1.54, 1.807) is 6.92 Å². The number of rotatable bonds is 5. The van der Waals surface area contributed by atoms with Crippen molar-refractivity contribution in [3.05, 3.63) is 0 Å². The summed E-state index contributed by atoms with van der Waals surface area (Å²) in [6, 6.07) is 0.0410. The quantitative estimate of drug-likeness (QED) is 0.768. The van der Waals surface area contributed by atoms with Crippen LogP contribution in [0.1, 0.15) is 46.0 Å². The molecule has 0 aromatic rings. The lowest BCUT2D eigenvalue weighted by Crippen LogP contribution is -2.44. The average Bonchev–Trinajstić information content (AvgIpc) is 2.28. The number of nitrogens with one attached hydrogen (secondary N) is 1. The first kappa shape index (κ1) is 13.9. The molecule has 0 aromatic heterocycles. The first-order valence-electron chi connectivity index (χ1n) is 6.18. The molecule has 0 saturated heterocycles. The topological polar surface area (TPSA) is 72.2 Å². The van der Waals surface area contributed by atoms with Crippen molar-refractivity contribution in [2.45, 2.75) is 57.2 Å². The molecular formula is C11H24N2O2S.